The maximum Gasteiger partial charge on any atom is 0.150 e. The second-order valence-electron chi connectivity index (χ2n) is 4.15. The lowest BCUT2D eigenvalue weighted by atomic mass is 10.1. The summed E-state index contributed by atoms with van der Waals surface area (Å²) in [6, 6.07) is 10.1. The van der Waals surface area contributed by atoms with Crippen LogP contribution in [0, 0.1) is 6.92 Å². The molecule has 0 radical (unpaired) electrons. The Hall–Kier alpha value is -1.68. The molecule has 0 aliphatic rings. The fraction of sp³-hybridized carbons (Fsp3) is 0.385. The summed E-state index contributed by atoms with van der Waals surface area (Å²) in [5, 5.41) is 8.25. The van der Waals surface area contributed by atoms with Crippen molar-refractivity contribution in [2.45, 2.75) is 32.9 Å². The molecule has 0 fully saturated rings. The van der Waals surface area contributed by atoms with Gasteiger partial charge in [0.1, 0.15) is 11.6 Å². The van der Waals surface area contributed by atoms with Crippen LogP contribution in [0.15, 0.2) is 30.3 Å². The van der Waals surface area contributed by atoms with Crippen molar-refractivity contribution in [3.8, 4) is 0 Å². The summed E-state index contributed by atoms with van der Waals surface area (Å²) >= 11 is 0. The molecule has 1 aromatic heterocycles. The van der Waals surface area contributed by atoms with Gasteiger partial charge in [0.05, 0.1) is 6.04 Å². The van der Waals surface area contributed by atoms with E-state index < -0.39 is 0 Å². The molecule has 2 aromatic rings. The minimum Gasteiger partial charge on any atom is -0.321 e. The van der Waals surface area contributed by atoms with E-state index in [0.29, 0.717) is 0 Å². The highest BCUT2D eigenvalue weighted by atomic mass is 15.3. The Labute approximate surface area is 101 Å². The van der Waals surface area contributed by atoms with E-state index in [4.69, 9.17) is 5.73 Å². The molecular weight excluding hydrogens is 212 g/mol. The molecular formula is C13H18N4. The number of nitrogens with zero attached hydrogens (tertiary/aromatic N) is 3. The van der Waals surface area contributed by atoms with Crippen molar-refractivity contribution in [2.75, 3.05) is 0 Å². The highest BCUT2D eigenvalue weighted by Gasteiger charge is 2.15. The molecule has 0 saturated heterocycles. The molecule has 1 heterocycles. The molecule has 0 aliphatic carbocycles. The van der Waals surface area contributed by atoms with E-state index in [2.05, 4.69) is 33.8 Å². The first-order chi connectivity index (χ1) is 8.22. The van der Waals surface area contributed by atoms with Gasteiger partial charge < -0.3 is 10.3 Å². The number of hydrogen-bond acceptors (Lipinski definition) is 3. The predicted molar refractivity (Wildman–Crippen MR) is 67.5 cm³/mol. The van der Waals surface area contributed by atoms with Gasteiger partial charge in [-0.25, -0.2) is 0 Å². The van der Waals surface area contributed by atoms with E-state index in [-0.39, 0.29) is 6.04 Å². The molecule has 0 bridgehead atoms. The SMILES string of the molecule is CCn1c(C)nnc1C(N)Cc1ccccc1. The molecule has 4 nitrogen and oxygen atoms in total. The van der Waals surface area contributed by atoms with E-state index in [1.165, 1.54) is 5.56 Å². The second-order valence-corrected chi connectivity index (χ2v) is 4.15. The molecule has 1 atom stereocenters. The number of nitrogens with two attached hydrogens (primary N) is 1. The largest absolute Gasteiger partial charge is 0.321 e. The summed E-state index contributed by atoms with van der Waals surface area (Å²) in [7, 11) is 0. The third-order valence-electron chi connectivity index (χ3n) is 2.91. The van der Waals surface area contributed by atoms with Crippen LogP contribution in [-0.2, 0) is 13.0 Å². The van der Waals surface area contributed by atoms with Crippen molar-refractivity contribution in [3.05, 3.63) is 47.5 Å². The molecule has 90 valence electrons. The summed E-state index contributed by atoms with van der Waals surface area (Å²) in [5.74, 6) is 1.79. The van der Waals surface area contributed by atoms with Gasteiger partial charge >= 0.3 is 0 Å². The Balaban J connectivity index is 2.17. The van der Waals surface area contributed by atoms with Crippen LogP contribution in [0.2, 0.25) is 0 Å². The van der Waals surface area contributed by atoms with Crippen molar-refractivity contribution >= 4 is 0 Å². The smallest absolute Gasteiger partial charge is 0.150 e. The van der Waals surface area contributed by atoms with Gasteiger partial charge in [0.25, 0.3) is 0 Å². The average molecular weight is 230 g/mol. The van der Waals surface area contributed by atoms with Gasteiger partial charge in [0, 0.05) is 6.54 Å². The molecule has 17 heavy (non-hydrogen) atoms. The van der Waals surface area contributed by atoms with Crippen molar-refractivity contribution in [2.24, 2.45) is 5.73 Å². The lowest BCUT2D eigenvalue weighted by molar-refractivity contribution is 0.592. The Morgan fingerprint density at radius 3 is 2.59 bits per heavy atom. The highest BCUT2D eigenvalue weighted by molar-refractivity contribution is 5.17. The standard InChI is InChI=1S/C13H18N4/c1-3-17-10(2)15-16-13(17)12(14)9-11-7-5-4-6-8-11/h4-8,12H,3,9,14H2,1-2H3. The Morgan fingerprint density at radius 2 is 1.94 bits per heavy atom. The van der Waals surface area contributed by atoms with Crippen LogP contribution in [0.4, 0.5) is 0 Å². The zero-order valence-electron chi connectivity index (χ0n) is 10.3. The maximum absolute atomic E-state index is 6.19. The Morgan fingerprint density at radius 1 is 1.24 bits per heavy atom. The van der Waals surface area contributed by atoms with Gasteiger partial charge in [-0.3, -0.25) is 0 Å². The summed E-state index contributed by atoms with van der Waals surface area (Å²) in [4.78, 5) is 0. The summed E-state index contributed by atoms with van der Waals surface area (Å²) < 4.78 is 2.06. The van der Waals surface area contributed by atoms with Crippen LogP contribution in [0.25, 0.3) is 0 Å². The lowest BCUT2D eigenvalue weighted by Crippen LogP contribution is -2.19. The second kappa shape index (κ2) is 5.10. The third kappa shape index (κ3) is 2.53. The maximum atomic E-state index is 6.19. The van der Waals surface area contributed by atoms with Crippen LogP contribution in [0.5, 0.6) is 0 Å². The van der Waals surface area contributed by atoms with Gasteiger partial charge in [-0.2, -0.15) is 0 Å². The zero-order valence-corrected chi connectivity index (χ0v) is 10.3. The molecule has 1 aromatic carbocycles. The number of benzene rings is 1. The first-order valence-corrected chi connectivity index (χ1v) is 5.91. The van der Waals surface area contributed by atoms with Crippen LogP contribution < -0.4 is 5.73 Å². The fourth-order valence-corrected chi connectivity index (χ4v) is 2.02. The summed E-state index contributed by atoms with van der Waals surface area (Å²) in [5.41, 5.74) is 7.42. The average Bonchev–Trinajstić information content (AvgIpc) is 2.71. The zero-order chi connectivity index (χ0) is 12.3. The van der Waals surface area contributed by atoms with Gasteiger partial charge in [0.15, 0.2) is 0 Å². The van der Waals surface area contributed by atoms with E-state index in [9.17, 15) is 0 Å². The predicted octanol–water partition coefficient (Wildman–Crippen LogP) is 1.85. The van der Waals surface area contributed by atoms with E-state index in [1.807, 2.05) is 25.1 Å². The third-order valence-corrected chi connectivity index (χ3v) is 2.91. The molecule has 0 spiro atoms. The van der Waals surface area contributed by atoms with Gasteiger partial charge in [0.2, 0.25) is 0 Å². The summed E-state index contributed by atoms with van der Waals surface area (Å²) in [6.45, 7) is 4.89. The number of aromatic nitrogens is 3. The molecule has 2 rings (SSSR count). The summed E-state index contributed by atoms with van der Waals surface area (Å²) in [6.07, 6.45) is 0.791. The van der Waals surface area contributed by atoms with Gasteiger partial charge in [-0.1, -0.05) is 30.3 Å². The van der Waals surface area contributed by atoms with Gasteiger partial charge in [-0.15, -0.1) is 10.2 Å². The molecule has 2 N–H and O–H groups in total. The molecule has 1 unspecified atom stereocenters. The minimum atomic E-state index is -0.0986. The highest BCUT2D eigenvalue weighted by Crippen LogP contribution is 2.15. The number of aryl methyl sites for hydroxylation is 1. The van der Waals surface area contributed by atoms with Crippen LogP contribution in [-0.4, -0.2) is 14.8 Å². The van der Waals surface area contributed by atoms with Crippen molar-refractivity contribution in [1.29, 1.82) is 0 Å². The first-order valence-electron chi connectivity index (χ1n) is 5.91. The quantitative estimate of drug-likeness (QED) is 0.872. The van der Waals surface area contributed by atoms with E-state index in [1.54, 1.807) is 0 Å². The Kier molecular flexibility index (Phi) is 3.54. The lowest BCUT2D eigenvalue weighted by Gasteiger charge is -2.12. The van der Waals surface area contributed by atoms with Crippen molar-refractivity contribution in [1.82, 2.24) is 14.8 Å². The van der Waals surface area contributed by atoms with Crippen LogP contribution in [0.3, 0.4) is 0 Å². The fourth-order valence-electron chi connectivity index (χ4n) is 2.02. The van der Waals surface area contributed by atoms with Crippen LogP contribution >= 0.6 is 0 Å². The van der Waals surface area contributed by atoms with E-state index in [0.717, 1.165) is 24.6 Å². The topological polar surface area (TPSA) is 56.7 Å². The van der Waals surface area contributed by atoms with Gasteiger partial charge in [-0.05, 0) is 25.8 Å². The molecule has 0 amide bonds. The van der Waals surface area contributed by atoms with Crippen molar-refractivity contribution < 1.29 is 0 Å². The number of hydrogen-bond donors (Lipinski definition) is 1. The van der Waals surface area contributed by atoms with E-state index >= 15 is 0 Å². The normalized spacial score (nSPS) is 12.6. The minimum absolute atomic E-state index is 0.0986. The van der Waals surface area contributed by atoms with Crippen LogP contribution in [0.1, 0.15) is 30.2 Å². The molecule has 0 saturated carbocycles. The number of rotatable bonds is 4. The van der Waals surface area contributed by atoms with Crippen molar-refractivity contribution in [3.63, 3.8) is 0 Å². The molecule has 0 aliphatic heterocycles. The Bertz CT molecular complexity index is 475. The molecule has 4 heteroatoms. The monoisotopic (exact) mass is 230 g/mol. The first kappa shape index (κ1) is 11.8.